The Morgan fingerprint density at radius 2 is 1.96 bits per heavy atom. The van der Waals surface area contributed by atoms with Gasteiger partial charge in [-0.15, -0.1) is 0 Å². The molecule has 1 aliphatic rings. The third kappa shape index (κ3) is 3.66. The first-order chi connectivity index (χ1) is 12.3. The number of aromatic nitrogens is 2. The summed E-state index contributed by atoms with van der Waals surface area (Å²) in [6, 6.07) is 4.81. The summed E-state index contributed by atoms with van der Waals surface area (Å²) < 4.78 is 27.8. The van der Waals surface area contributed by atoms with Crippen molar-refractivity contribution in [2.45, 2.75) is 38.5 Å². The number of carbonyl (C=O) groups excluding carboxylic acids is 1. The second-order valence-electron chi connectivity index (χ2n) is 6.93. The number of hydrogen-bond acceptors (Lipinski definition) is 4. The topological polar surface area (TPSA) is 95.2 Å². The van der Waals surface area contributed by atoms with Crippen LogP contribution in [-0.2, 0) is 10.0 Å². The summed E-state index contributed by atoms with van der Waals surface area (Å²) in [5, 5.41) is 9.12. The largest absolute Gasteiger partial charge is 0.307 e. The minimum atomic E-state index is -3.62. The molecule has 1 fully saturated rings. The van der Waals surface area contributed by atoms with Crippen LogP contribution in [0.1, 0.15) is 41.3 Å². The van der Waals surface area contributed by atoms with E-state index in [1.54, 1.807) is 19.1 Å². The second-order valence-corrected chi connectivity index (χ2v) is 8.83. The maximum atomic E-state index is 13.1. The number of hydrogen-bond donors (Lipinski definition) is 2. The van der Waals surface area contributed by atoms with Crippen molar-refractivity contribution >= 4 is 21.7 Å². The highest BCUT2D eigenvalue weighted by atomic mass is 32.2. The zero-order valence-electron chi connectivity index (χ0n) is 15.2. The Bertz CT molecular complexity index is 899. The molecular formula is C18H24N4O3S. The molecule has 140 valence electrons. The lowest BCUT2D eigenvalue weighted by molar-refractivity contribution is 0.102. The first kappa shape index (κ1) is 18.6. The summed E-state index contributed by atoms with van der Waals surface area (Å²) in [5.41, 5.74) is 1.76. The molecule has 1 amide bonds. The summed E-state index contributed by atoms with van der Waals surface area (Å²) in [6.45, 7) is 6.78. The number of nitrogens with one attached hydrogen (secondary N) is 2. The van der Waals surface area contributed by atoms with Crippen LogP contribution in [-0.4, -0.2) is 41.9 Å². The molecule has 3 rings (SSSR count). The van der Waals surface area contributed by atoms with Crippen LogP contribution in [0, 0.1) is 19.8 Å². The van der Waals surface area contributed by atoms with E-state index in [0.717, 1.165) is 18.4 Å². The smallest absolute Gasteiger partial charge is 0.256 e. The van der Waals surface area contributed by atoms with Crippen molar-refractivity contribution in [3.05, 3.63) is 41.1 Å². The van der Waals surface area contributed by atoms with Crippen LogP contribution in [0.15, 0.2) is 29.3 Å². The molecule has 1 saturated heterocycles. The van der Waals surface area contributed by atoms with Crippen molar-refractivity contribution in [1.29, 1.82) is 0 Å². The third-order valence-electron chi connectivity index (χ3n) is 4.99. The molecule has 1 aliphatic heterocycles. The van der Waals surface area contributed by atoms with Gasteiger partial charge in [0.2, 0.25) is 10.0 Å². The van der Waals surface area contributed by atoms with E-state index in [4.69, 9.17) is 0 Å². The molecule has 1 aromatic heterocycles. The van der Waals surface area contributed by atoms with E-state index in [-0.39, 0.29) is 10.8 Å². The van der Waals surface area contributed by atoms with E-state index < -0.39 is 10.0 Å². The molecule has 2 heterocycles. The maximum Gasteiger partial charge on any atom is 0.256 e. The van der Waals surface area contributed by atoms with Crippen LogP contribution >= 0.6 is 0 Å². The van der Waals surface area contributed by atoms with E-state index >= 15 is 0 Å². The first-order valence-corrected chi connectivity index (χ1v) is 10.1. The Balaban J connectivity index is 1.94. The highest BCUT2D eigenvalue weighted by Crippen LogP contribution is 2.28. The Labute approximate surface area is 153 Å². The molecule has 2 N–H and O–H groups in total. The van der Waals surface area contributed by atoms with E-state index in [1.807, 2.05) is 6.92 Å². The fraction of sp³-hybridized carbons (Fsp3) is 0.444. The van der Waals surface area contributed by atoms with E-state index in [2.05, 4.69) is 22.4 Å². The molecule has 0 atom stereocenters. The molecule has 0 radical (unpaired) electrons. The number of benzene rings is 1. The molecule has 7 nitrogen and oxygen atoms in total. The van der Waals surface area contributed by atoms with Gasteiger partial charge in [0.25, 0.3) is 5.91 Å². The lowest BCUT2D eigenvalue weighted by Crippen LogP contribution is -2.38. The normalized spacial score (nSPS) is 16.6. The highest BCUT2D eigenvalue weighted by Gasteiger charge is 2.30. The third-order valence-corrected chi connectivity index (χ3v) is 7.02. The molecule has 2 aromatic rings. The van der Waals surface area contributed by atoms with Gasteiger partial charge in [-0.1, -0.05) is 6.92 Å². The fourth-order valence-electron chi connectivity index (χ4n) is 3.11. The highest BCUT2D eigenvalue weighted by molar-refractivity contribution is 7.89. The zero-order valence-corrected chi connectivity index (χ0v) is 16.1. The summed E-state index contributed by atoms with van der Waals surface area (Å²) in [7, 11) is -3.62. The van der Waals surface area contributed by atoms with Crippen molar-refractivity contribution in [2.24, 2.45) is 5.92 Å². The molecule has 0 bridgehead atoms. The molecule has 0 saturated carbocycles. The number of carbonyl (C=O) groups is 1. The Hall–Kier alpha value is -2.19. The van der Waals surface area contributed by atoms with Crippen LogP contribution in [0.25, 0.3) is 0 Å². The van der Waals surface area contributed by atoms with Gasteiger partial charge in [-0.25, -0.2) is 8.42 Å². The summed E-state index contributed by atoms with van der Waals surface area (Å²) in [5.74, 6) is 0.625. The number of amides is 1. The van der Waals surface area contributed by atoms with Crippen molar-refractivity contribution < 1.29 is 13.2 Å². The minimum Gasteiger partial charge on any atom is -0.307 e. The minimum absolute atomic E-state index is 0.210. The molecular weight excluding hydrogens is 352 g/mol. The monoisotopic (exact) mass is 376 g/mol. The number of H-pyrrole nitrogens is 1. The standard InChI is InChI=1S/C18H24N4O3S/c1-12-5-8-22(9-6-12)26(24,25)16-11-15(10-13(2)14(16)3)18(23)20-17-4-7-19-21-17/h4,7,10-12H,5-6,8-9H2,1-3H3,(H2,19,20,21,23). The molecule has 8 heteroatoms. The van der Waals surface area contributed by atoms with E-state index in [0.29, 0.717) is 36.0 Å². The lowest BCUT2D eigenvalue weighted by atomic mass is 10.0. The predicted molar refractivity (Wildman–Crippen MR) is 99.6 cm³/mol. The first-order valence-electron chi connectivity index (χ1n) is 8.71. The number of piperidine rings is 1. The van der Waals surface area contributed by atoms with Crippen molar-refractivity contribution in [3.63, 3.8) is 0 Å². The number of nitrogens with zero attached hydrogens (tertiary/aromatic N) is 2. The average molecular weight is 376 g/mol. The van der Waals surface area contributed by atoms with Gasteiger partial charge in [-0.2, -0.15) is 9.40 Å². The maximum absolute atomic E-state index is 13.1. The van der Waals surface area contributed by atoms with Crippen molar-refractivity contribution in [1.82, 2.24) is 14.5 Å². The van der Waals surface area contributed by atoms with Gasteiger partial charge in [0, 0.05) is 24.7 Å². The number of aromatic amines is 1. The molecule has 0 unspecified atom stereocenters. The number of anilines is 1. The van der Waals surface area contributed by atoms with Crippen LogP contribution in [0.4, 0.5) is 5.82 Å². The molecule has 0 aliphatic carbocycles. The summed E-state index contributed by atoms with van der Waals surface area (Å²) in [4.78, 5) is 12.7. The Morgan fingerprint density at radius 3 is 2.58 bits per heavy atom. The summed E-state index contributed by atoms with van der Waals surface area (Å²) >= 11 is 0. The van der Waals surface area contributed by atoms with Crippen LogP contribution in [0.5, 0.6) is 0 Å². The van der Waals surface area contributed by atoms with Gasteiger partial charge < -0.3 is 5.32 Å². The number of aryl methyl sites for hydroxylation is 1. The predicted octanol–water partition coefficient (Wildman–Crippen LogP) is 2.70. The SMILES string of the molecule is Cc1cc(C(=O)Nc2ccn[nH]2)cc(S(=O)(=O)N2CCC(C)CC2)c1C. The average Bonchev–Trinajstić information content (AvgIpc) is 3.10. The second kappa shape index (κ2) is 7.20. The van der Waals surface area contributed by atoms with Crippen molar-refractivity contribution in [2.75, 3.05) is 18.4 Å². The van der Waals surface area contributed by atoms with E-state index in [9.17, 15) is 13.2 Å². The van der Waals surface area contributed by atoms with Gasteiger partial charge in [-0.3, -0.25) is 9.89 Å². The van der Waals surface area contributed by atoms with Gasteiger partial charge in [0.05, 0.1) is 11.1 Å². The van der Waals surface area contributed by atoms with Gasteiger partial charge in [-0.05, 0) is 55.9 Å². The Morgan fingerprint density at radius 1 is 1.27 bits per heavy atom. The Kier molecular flexibility index (Phi) is 5.15. The molecule has 26 heavy (non-hydrogen) atoms. The van der Waals surface area contributed by atoms with Crippen LogP contribution in [0.2, 0.25) is 0 Å². The zero-order chi connectivity index (χ0) is 18.9. The van der Waals surface area contributed by atoms with Gasteiger partial charge in [0.15, 0.2) is 0 Å². The number of sulfonamides is 1. The van der Waals surface area contributed by atoms with E-state index in [1.165, 1.54) is 16.6 Å². The lowest BCUT2D eigenvalue weighted by Gasteiger charge is -2.30. The quantitative estimate of drug-likeness (QED) is 0.858. The van der Waals surface area contributed by atoms with Crippen LogP contribution < -0.4 is 5.32 Å². The number of rotatable bonds is 4. The van der Waals surface area contributed by atoms with Crippen molar-refractivity contribution in [3.8, 4) is 0 Å². The molecule has 0 spiro atoms. The molecule has 1 aromatic carbocycles. The van der Waals surface area contributed by atoms with Crippen LogP contribution in [0.3, 0.4) is 0 Å². The fourth-order valence-corrected chi connectivity index (χ4v) is 4.90. The van der Waals surface area contributed by atoms with Gasteiger partial charge in [0.1, 0.15) is 5.82 Å². The summed E-state index contributed by atoms with van der Waals surface area (Å²) in [6.07, 6.45) is 3.25. The van der Waals surface area contributed by atoms with Gasteiger partial charge >= 0.3 is 0 Å².